The number of benzene rings is 1. The monoisotopic (exact) mass is 267 g/mol. The van der Waals surface area contributed by atoms with E-state index in [4.69, 9.17) is 0 Å². The van der Waals surface area contributed by atoms with Crippen LogP contribution >= 0.6 is 15.9 Å². The Balaban J connectivity index is 2.96. The molecule has 1 N–H and O–H groups in total. The van der Waals surface area contributed by atoms with Gasteiger partial charge in [-0.2, -0.15) is 13.2 Å². The Morgan fingerprint density at radius 2 is 1.71 bits per heavy atom. The second kappa shape index (κ2) is 4.31. The highest BCUT2D eigenvalue weighted by Gasteiger charge is 2.39. The second-order valence-electron chi connectivity index (χ2n) is 2.81. The summed E-state index contributed by atoms with van der Waals surface area (Å²) in [7, 11) is 1.29. The molecule has 78 valence electrons. The van der Waals surface area contributed by atoms with Crippen molar-refractivity contribution in [3.63, 3.8) is 0 Å². The van der Waals surface area contributed by atoms with Gasteiger partial charge in [-0.1, -0.05) is 28.1 Å². The lowest BCUT2D eigenvalue weighted by Crippen LogP contribution is -2.31. The third-order valence-corrected chi connectivity index (χ3v) is 2.35. The highest BCUT2D eigenvalue weighted by molar-refractivity contribution is 9.10. The first-order valence-electron chi connectivity index (χ1n) is 3.94. The summed E-state index contributed by atoms with van der Waals surface area (Å²) in [6.07, 6.45) is -4.26. The molecule has 1 aromatic carbocycles. The van der Waals surface area contributed by atoms with E-state index >= 15 is 0 Å². The molecule has 0 saturated carbocycles. The second-order valence-corrected chi connectivity index (χ2v) is 3.73. The van der Waals surface area contributed by atoms with Gasteiger partial charge in [0.15, 0.2) is 0 Å². The van der Waals surface area contributed by atoms with Gasteiger partial charge in [0.2, 0.25) is 0 Å². The van der Waals surface area contributed by atoms with Crippen LogP contribution in [0, 0.1) is 0 Å². The maximum atomic E-state index is 12.4. The van der Waals surface area contributed by atoms with Crippen LogP contribution in [0.4, 0.5) is 13.2 Å². The van der Waals surface area contributed by atoms with E-state index in [0.717, 1.165) is 4.47 Å². The van der Waals surface area contributed by atoms with Gasteiger partial charge in [-0.05, 0) is 24.7 Å². The Hall–Kier alpha value is -0.550. The maximum Gasteiger partial charge on any atom is 0.407 e. The van der Waals surface area contributed by atoms with Crippen LogP contribution in [0.1, 0.15) is 11.6 Å². The van der Waals surface area contributed by atoms with Crippen LogP contribution in [0.2, 0.25) is 0 Å². The molecule has 0 radical (unpaired) electrons. The van der Waals surface area contributed by atoms with E-state index in [0.29, 0.717) is 0 Å². The first kappa shape index (κ1) is 11.5. The average molecular weight is 268 g/mol. The van der Waals surface area contributed by atoms with Crippen molar-refractivity contribution in [2.45, 2.75) is 12.2 Å². The molecule has 0 fully saturated rings. The molecular weight excluding hydrogens is 259 g/mol. The van der Waals surface area contributed by atoms with Crippen molar-refractivity contribution in [1.82, 2.24) is 5.32 Å². The first-order chi connectivity index (χ1) is 6.45. The normalized spacial score (nSPS) is 14.1. The third kappa shape index (κ3) is 2.72. The van der Waals surface area contributed by atoms with Crippen LogP contribution in [0.3, 0.4) is 0 Å². The lowest BCUT2D eigenvalue weighted by atomic mass is 10.1. The van der Waals surface area contributed by atoms with Crippen molar-refractivity contribution < 1.29 is 13.2 Å². The summed E-state index contributed by atoms with van der Waals surface area (Å²) in [6, 6.07) is 4.46. The van der Waals surface area contributed by atoms with Crippen LogP contribution in [0.5, 0.6) is 0 Å². The minimum absolute atomic E-state index is 0.211. The standard InChI is InChI=1S/C9H9BrF3N/c1-14-8(9(11,12)13)6-2-4-7(10)5-3-6/h2-5,8,14H,1H3/t8-/m1/s1. The predicted molar refractivity (Wildman–Crippen MR) is 52.0 cm³/mol. The third-order valence-electron chi connectivity index (χ3n) is 1.82. The van der Waals surface area contributed by atoms with Crippen LogP contribution in [-0.2, 0) is 0 Å². The molecule has 0 aromatic heterocycles. The summed E-state index contributed by atoms with van der Waals surface area (Å²) in [6.45, 7) is 0. The maximum absolute atomic E-state index is 12.4. The number of nitrogens with one attached hydrogen (secondary N) is 1. The SMILES string of the molecule is CN[C@H](c1ccc(Br)cc1)C(F)(F)F. The summed E-state index contributed by atoms with van der Waals surface area (Å²) in [5.41, 5.74) is 0.211. The summed E-state index contributed by atoms with van der Waals surface area (Å²) < 4.78 is 38.1. The fourth-order valence-corrected chi connectivity index (χ4v) is 1.44. The number of hydrogen-bond acceptors (Lipinski definition) is 1. The van der Waals surface area contributed by atoms with Crippen molar-refractivity contribution in [1.29, 1.82) is 0 Å². The van der Waals surface area contributed by atoms with E-state index in [1.165, 1.54) is 19.2 Å². The van der Waals surface area contributed by atoms with Gasteiger partial charge in [0.05, 0.1) is 0 Å². The van der Waals surface area contributed by atoms with Crippen molar-refractivity contribution in [2.75, 3.05) is 7.05 Å². The summed E-state index contributed by atoms with van der Waals surface area (Å²) in [4.78, 5) is 0. The Morgan fingerprint density at radius 1 is 1.21 bits per heavy atom. The van der Waals surface area contributed by atoms with Gasteiger partial charge < -0.3 is 5.32 Å². The summed E-state index contributed by atoms with van der Waals surface area (Å²) in [5.74, 6) is 0. The zero-order valence-corrected chi connectivity index (χ0v) is 8.98. The summed E-state index contributed by atoms with van der Waals surface area (Å²) >= 11 is 3.17. The smallest absolute Gasteiger partial charge is 0.306 e. The molecule has 0 amide bonds. The van der Waals surface area contributed by atoms with E-state index in [1.807, 2.05) is 0 Å². The van der Waals surface area contributed by atoms with Crippen molar-refractivity contribution in [3.8, 4) is 0 Å². The molecule has 0 bridgehead atoms. The minimum Gasteiger partial charge on any atom is -0.306 e. The Labute approximate surface area is 88.4 Å². The highest BCUT2D eigenvalue weighted by Crippen LogP contribution is 2.32. The van der Waals surface area contributed by atoms with E-state index < -0.39 is 12.2 Å². The van der Waals surface area contributed by atoms with Gasteiger partial charge in [0.25, 0.3) is 0 Å². The number of hydrogen-bond donors (Lipinski definition) is 1. The molecule has 1 atom stereocenters. The number of alkyl halides is 3. The van der Waals surface area contributed by atoms with Gasteiger partial charge >= 0.3 is 6.18 Å². The molecule has 0 saturated heterocycles. The quantitative estimate of drug-likeness (QED) is 0.868. The molecule has 0 heterocycles. The van der Waals surface area contributed by atoms with Crippen LogP contribution in [-0.4, -0.2) is 13.2 Å². The van der Waals surface area contributed by atoms with Gasteiger partial charge in [-0.25, -0.2) is 0 Å². The molecule has 1 nitrogen and oxygen atoms in total. The zero-order chi connectivity index (χ0) is 10.8. The molecule has 1 aromatic rings. The topological polar surface area (TPSA) is 12.0 Å². The van der Waals surface area contributed by atoms with Gasteiger partial charge in [-0.3, -0.25) is 0 Å². The number of rotatable bonds is 2. The molecule has 5 heteroatoms. The molecule has 0 aliphatic rings. The molecular formula is C9H9BrF3N. The fraction of sp³-hybridized carbons (Fsp3) is 0.333. The molecule has 0 aliphatic heterocycles. The Kier molecular flexibility index (Phi) is 3.55. The zero-order valence-electron chi connectivity index (χ0n) is 7.40. The van der Waals surface area contributed by atoms with E-state index in [1.54, 1.807) is 12.1 Å². The van der Waals surface area contributed by atoms with E-state index in [2.05, 4.69) is 21.2 Å². The van der Waals surface area contributed by atoms with Crippen molar-refractivity contribution >= 4 is 15.9 Å². The van der Waals surface area contributed by atoms with E-state index in [9.17, 15) is 13.2 Å². The largest absolute Gasteiger partial charge is 0.407 e. The van der Waals surface area contributed by atoms with E-state index in [-0.39, 0.29) is 5.56 Å². The van der Waals surface area contributed by atoms with Gasteiger partial charge in [0.1, 0.15) is 6.04 Å². The highest BCUT2D eigenvalue weighted by atomic mass is 79.9. The van der Waals surface area contributed by atoms with Crippen molar-refractivity contribution in [3.05, 3.63) is 34.3 Å². The lowest BCUT2D eigenvalue weighted by molar-refractivity contribution is -0.156. The van der Waals surface area contributed by atoms with Crippen LogP contribution in [0.25, 0.3) is 0 Å². The summed E-state index contributed by atoms with van der Waals surface area (Å²) in [5, 5.41) is 2.24. The Morgan fingerprint density at radius 3 is 2.07 bits per heavy atom. The lowest BCUT2D eigenvalue weighted by Gasteiger charge is -2.19. The minimum atomic E-state index is -4.26. The molecule has 0 unspecified atom stereocenters. The number of halogens is 4. The van der Waals surface area contributed by atoms with Crippen molar-refractivity contribution in [2.24, 2.45) is 0 Å². The first-order valence-corrected chi connectivity index (χ1v) is 4.74. The average Bonchev–Trinajstić information content (AvgIpc) is 2.07. The molecule has 0 spiro atoms. The molecule has 14 heavy (non-hydrogen) atoms. The van der Waals surface area contributed by atoms with Crippen LogP contribution in [0.15, 0.2) is 28.7 Å². The molecule has 0 aliphatic carbocycles. The fourth-order valence-electron chi connectivity index (χ4n) is 1.17. The van der Waals surface area contributed by atoms with Gasteiger partial charge in [0, 0.05) is 4.47 Å². The predicted octanol–water partition coefficient (Wildman–Crippen LogP) is 3.27. The van der Waals surface area contributed by atoms with Crippen LogP contribution < -0.4 is 5.32 Å². The van der Waals surface area contributed by atoms with Gasteiger partial charge in [-0.15, -0.1) is 0 Å². The molecule has 1 rings (SSSR count). The Bertz CT molecular complexity index is 294.